The van der Waals surface area contributed by atoms with Gasteiger partial charge in [0, 0.05) is 0 Å². The maximum Gasteiger partial charge on any atom is 0.237 e. The molecule has 0 radical (unpaired) electrons. The van der Waals surface area contributed by atoms with Gasteiger partial charge >= 0.3 is 0 Å². The van der Waals surface area contributed by atoms with Gasteiger partial charge in [-0.05, 0) is 36.2 Å². The first-order valence-electron chi connectivity index (χ1n) is 8.28. The molecule has 1 amide bonds. The Hall–Kier alpha value is -3.19. The van der Waals surface area contributed by atoms with Crippen LogP contribution in [-0.2, 0) is 17.8 Å². The number of hydrogen-bond acceptors (Lipinski definition) is 5. The fourth-order valence-corrected chi connectivity index (χ4v) is 2.51. The molecular formula is C19H21N5O2. The van der Waals surface area contributed by atoms with Gasteiger partial charge in [0.15, 0.2) is 0 Å². The highest BCUT2D eigenvalue weighted by atomic mass is 16.5. The van der Waals surface area contributed by atoms with Crippen molar-refractivity contribution < 1.29 is 9.53 Å². The van der Waals surface area contributed by atoms with Crippen LogP contribution < -0.4 is 15.8 Å². The fourth-order valence-electron chi connectivity index (χ4n) is 2.51. The number of carbonyl (C=O) groups is 1. The largest absolute Gasteiger partial charge is 0.497 e. The first kappa shape index (κ1) is 17.6. The maximum atomic E-state index is 12.2. The summed E-state index contributed by atoms with van der Waals surface area (Å²) in [7, 11) is 1.62. The topological polar surface area (TPSA) is 95.1 Å². The summed E-state index contributed by atoms with van der Waals surface area (Å²) < 4.78 is 6.78. The first-order chi connectivity index (χ1) is 12.7. The Labute approximate surface area is 151 Å². The predicted molar refractivity (Wildman–Crippen MR) is 97.9 cm³/mol. The molecule has 3 N–H and O–H groups in total. The van der Waals surface area contributed by atoms with Gasteiger partial charge in [-0.3, -0.25) is 4.79 Å². The molecule has 0 saturated carbocycles. The summed E-state index contributed by atoms with van der Waals surface area (Å²) in [5.41, 5.74) is 8.51. The molecule has 0 saturated heterocycles. The lowest BCUT2D eigenvalue weighted by Crippen LogP contribution is -2.41. The van der Waals surface area contributed by atoms with Crippen molar-refractivity contribution in [3.8, 4) is 11.4 Å². The maximum absolute atomic E-state index is 12.2. The second-order valence-corrected chi connectivity index (χ2v) is 5.87. The fraction of sp³-hybridized carbons (Fsp3) is 0.211. The van der Waals surface area contributed by atoms with E-state index < -0.39 is 6.04 Å². The molecule has 0 aliphatic heterocycles. The molecule has 0 aliphatic rings. The van der Waals surface area contributed by atoms with Crippen molar-refractivity contribution in [1.29, 1.82) is 0 Å². The van der Waals surface area contributed by atoms with Crippen LogP contribution in [0.1, 0.15) is 11.3 Å². The molecule has 0 aliphatic carbocycles. The van der Waals surface area contributed by atoms with Gasteiger partial charge < -0.3 is 15.8 Å². The van der Waals surface area contributed by atoms with Crippen LogP contribution in [0.2, 0.25) is 0 Å². The minimum atomic E-state index is -0.603. The summed E-state index contributed by atoms with van der Waals surface area (Å²) in [6.45, 7) is 0.275. The molecule has 0 spiro atoms. The lowest BCUT2D eigenvalue weighted by atomic mass is 10.1. The van der Waals surface area contributed by atoms with Crippen LogP contribution in [0, 0.1) is 0 Å². The highest BCUT2D eigenvalue weighted by Crippen LogP contribution is 2.14. The highest BCUT2D eigenvalue weighted by Gasteiger charge is 2.14. The van der Waals surface area contributed by atoms with Crippen LogP contribution >= 0.6 is 0 Å². The number of nitrogens with zero attached hydrogens (tertiary/aromatic N) is 3. The Kier molecular flexibility index (Phi) is 5.60. The zero-order chi connectivity index (χ0) is 18.4. The van der Waals surface area contributed by atoms with Crippen molar-refractivity contribution >= 4 is 5.91 Å². The van der Waals surface area contributed by atoms with E-state index in [2.05, 4.69) is 15.6 Å². The van der Waals surface area contributed by atoms with Crippen molar-refractivity contribution in [2.24, 2.45) is 5.73 Å². The summed E-state index contributed by atoms with van der Waals surface area (Å²) in [5, 5.41) is 11.0. The van der Waals surface area contributed by atoms with Crippen LogP contribution in [0.3, 0.4) is 0 Å². The summed E-state index contributed by atoms with van der Waals surface area (Å²) in [4.78, 5) is 12.2. The molecular weight excluding hydrogens is 330 g/mol. The van der Waals surface area contributed by atoms with E-state index in [4.69, 9.17) is 10.5 Å². The lowest BCUT2D eigenvalue weighted by Gasteiger charge is -2.11. The van der Waals surface area contributed by atoms with Crippen LogP contribution in [0.25, 0.3) is 5.69 Å². The van der Waals surface area contributed by atoms with Gasteiger partial charge in [-0.2, -0.15) is 0 Å². The molecule has 7 heteroatoms. The standard InChI is InChI=1S/C19H21N5O2/c1-26-17-9-7-16(8-10-17)24-13-15(22-23-24)12-21-19(25)18(20)11-14-5-3-2-4-6-14/h2-10,13,18H,11-12,20H2,1H3,(H,21,25)/t18-/m0/s1. The van der Waals surface area contributed by atoms with Crippen LogP contribution in [0.15, 0.2) is 60.8 Å². The van der Waals surface area contributed by atoms with E-state index in [-0.39, 0.29) is 12.5 Å². The number of nitrogens with two attached hydrogens (primary N) is 1. The normalized spacial score (nSPS) is 11.8. The molecule has 3 rings (SSSR count). The zero-order valence-electron chi connectivity index (χ0n) is 14.5. The summed E-state index contributed by atoms with van der Waals surface area (Å²) in [5.74, 6) is 0.557. The summed E-state index contributed by atoms with van der Waals surface area (Å²) in [6.07, 6.45) is 2.26. The third-order valence-electron chi connectivity index (χ3n) is 3.96. The average molecular weight is 351 g/mol. The van der Waals surface area contributed by atoms with Crippen LogP contribution in [-0.4, -0.2) is 34.1 Å². The third-order valence-corrected chi connectivity index (χ3v) is 3.96. The molecule has 7 nitrogen and oxygen atoms in total. The van der Waals surface area contributed by atoms with E-state index in [0.717, 1.165) is 17.0 Å². The number of methoxy groups -OCH3 is 1. The van der Waals surface area contributed by atoms with Gasteiger partial charge in [0.05, 0.1) is 31.6 Å². The van der Waals surface area contributed by atoms with Gasteiger partial charge in [-0.1, -0.05) is 35.5 Å². The highest BCUT2D eigenvalue weighted by molar-refractivity contribution is 5.81. The number of benzene rings is 2. The molecule has 26 heavy (non-hydrogen) atoms. The summed E-state index contributed by atoms with van der Waals surface area (Å²) >= 11 is 0. The number of amides is 1. The predicted octanol–water partition coefficient (Wildman–Crippen LogP) is 1.46. The molecule has 134 valence electrons. The molecule has 1 atom stereocenters. The quantitative estimate of drug-likeness (QED) is 0.672. The molecule has 2 aromatic carbocycles. The van der Waals surface area contributed by atoms with Crippen molar-refractivity contribution in [3.63, 3.8) is 0 Å². The van der Waals surface area contributed by atoms with Crippen LogP contribution in [0.5, 0.6) is 5.75 Å². The van der Waals surface area contributed by atoms with Crippen LogP contribution in [0.4, 0.5) is 0 Å². The van der Waals surface area contributed by atoms with E-state index in [1.807, 2.05) is 54.6 Å². The lowest BCUT2D eigenvalue weighted by molar-refractivity contribution is -0.122. The minimum absolute atomic E-state index is 0.215. The van der Waals surface area contributed by atoms with E-state index in [0.29, 0.717) is 12.1 Å². The van der Waals surface area contributed by atoms with Gasteiger partial charge in [-0.15, -0.1) is 5.10 Å². The minimum Gasteiger partial charge on any atom is -0.497 e. The zero-order valence-corrected chi connectivity index (χ0v) is 14.5. The van der Waals surface area contributed by atoms with E-state index in [9.17, 15) is 4.79 Å². The van der Waals surface area contributed by atoms with Crippen molar-refractivity contribution in [2.75, 3.05) is 7.11 Å². The van der Waals surface area contributed by atoms with Crippen molar-refractivity contribution in [2.45, 2.75) is 19.0 Å². The smallest absolute Gasteiger partial charge is 0.237 e. The first-order valence-corrected chi connectivity index (χ1v) is 8.28. The van der Waals surface area contributed by atoms with E-state index in [1.54, 1.807) is 18.0 Å². The van der Waals surface area contributed by atoms with E-state index in [1.165, 1.54) is 0 Å². The third kappa shape index (κ3) is 4.46. The second kappa shape index (κ2) is 8.26. The van der Waals surface area contributed by atoms with E-state index >= 15 is 0 Å². The molecule has 1 aromatic heterocycles. The number of nitrogens with one attached hydrogen (secondary N) is 1. The van der Waals surface area contributed by atoms with Gasteiger partial charge in [0.25, 0.3) is 0 Å². The Morgan fingerprint density at radius 2 is 1.92 bits per heavy atom. The number of aromatic nitrogens is 3. The number of ether oxygens (including phenoxy) is 1. The molecule has 0 unspecified atom stereocenters. The van der Waals surface area contributed by atoms with Gasteiger partial charge in [0.1, 0.15) is 11.4 Å². The molecule has 0 fully saturated rings. The average Bonchev–Trinajstić information content (AvgIpc) is 3.16. The van der Waals surface area contributed by atoms with Crippen molar-refractivity contribution in [3.05, 3.63) is 72.1 Å². The monoisotopic (exact) mass is 351 g/mol. The van der Waals surface area contributed by atoms with Crippen molar-refractivity contribution in [1.82, 2.24) is 20.3 Å². The summed E-state index contributed by atoms with van der Waals surface area (Å²) in [6, 6.07) is 16.5. The Morgan fingerprint density at radius 1 is 1.19 bits per heavy atom. The number of rotatable bonds is 7. The number of carbonyl (C=O) groups excluding carboxylic acids is 1. The Bertz CT molecular complexity index is 846. The Balaban J connectivity index is 1.54. The molecule has 1 heterocycles. The molecule has 0 bridgehead atoms. The molecule has 3 aromatic rings. The Morgan fingerprint density at radius 3 is 2.62 bits per heavy atom. The van der Waals surface area contributed by atoms with Gasteiger partial charge in [-0.25, -0.2) is 4.68 Å². The SMILES string of the molecule is COc1ccc(-n2cc(CNC(=O)[C@@H](N)Cc3ccccc3)nn2)cc1. The number of hydrogen-bond donors (Lipinski definition) is 2. The van der Waals surface area contributed by atoms with Gasteiger partial charge in [0.2, 0.25) is 5.91 Å². The second-order valence-electron chi connectivity index (χ2n) is 5.87.